The Morgan fingerprint density at radius 1 is 1.53 bits per heavy atom. The average Bonchev–Trinajstić information content (AvgIpc) is 2.76. The number of halogens is 1. The van der Waals surface area contributed by atoms with Crippen molar-refractivity contribution in [2.45, 2.75) is 11.4 Å². The quantitative estimate of drug-likeness (QED) is 0.816. The van der Waals surface area contributed by atoms with Gasteiger partial charge in [-0.25, -0.2) is 18.1 Å². The second kappa shape index (κ2) is 5.11. The highest BCUT2D eigenvalue weighted by Gasteiger charge is 2.16. The first-order valence-electron chi connectivity index (χ1n) is 5.14. The Kier molecular flexibility index (Phi) is 3.69. The normalized spacial score (nSPS) is 11.7. The third kappa shape index (κ3) is 3.00. The van der Waals surface area contributed by atoms with E-state index in [1.807, 2.05) is 0 Å². The summed E-state index contributed by atoms with van der Waals surface area (Å²) in [5.41, 5.74) is 5.42. The number of aromatic nitrogens is 4. The molecule has 102 valence electrons. The molecule has 0 spiro atoms. The Morgan fingerprint density at radius 2 is 2.26 bits per heavy atom. The van der Waals surface area contributed by atoms with E-state index in [9.17, 15) is 8.42 Å². The number of rotatable bonds is 4. The van der Waals surface area contributed by atoms with Crippen LogP contribution in [0, 0.1) is 0 Å². The SMILES string of the molecule is Cn1cnnc1CNS(=O)(=O)c1cnc(N)c(Cl)c1. The minimum atomic E-state index is -3.73. The summed E-state index contributed by atoms with van der Waals surface area (Å²) in [4.78, 5) is 3.64. The molecule has 0 bridgehead atoms. The Labute approximate surface area is 114 Å². The van der Waals surface area contributed by atoms with Gasteiger partial charge in [0.05, 0.1) is 11.6 Å². The van der Waals surface area contributed by atoms with Crippen molar-refractivity contribution in [3.05, 3.63) is 29.4 Å². The molecule has 19 heavy (non-hydrogen) atoms. The Balaban J connectivity index is 2.18. The number of nitrogen functional groups attached to an aromatic ring is 1. The molecule has 2 aromatic rings. The summed E-state index contributed by atoms with van der Waals surface area (Å²) in [6, 6.07) is 1.24. The number of aryl methyl sites for hydroxylation is 1. The predicted molar refractivity (Wildman–Crippen MR) is 68.7 cm³/mol. The minimum absolute atomic E-state index is 0.0147. The molecule has 10 heteroatoms. The van der Waals surface area contributed by atoms with Crippen LogP contribution in [0.5, 0.6) is 0 Å². The molecule has 0 fully saturated rings. The molecule has 0 radical (unpaired) electrons. The van der Waals surface area contributed by atoms with Crippen molar-refractivity contribution in [1.29, 1.82) is 0 Å². The molecule has 0 amide bonds. The number of hydrogen-bond acceptors (Lipinski definition) is 6. The summed E-state index contributed by atoms with van der Waals surface area (Å²) >= 11 is 5.74. The van der Waals surface area contributed by atoms with Gasteiger partial charge in [-0.1, -0.05) is 11.6 Å². The lowest BCUT2D eigenvalue weighted by Crippen LogP contribution is -2.25. The molecule has 2 heterocycles. The van der Waals surface area contributed by atoms with Gasteiger partial charge in [0.15, 0.2) is 0 Å². The lowest BCUT2D eigenvalue weighted by molar-refractivity contribution is 0.577. The largest absolute Gasteiger partial charge is 0.382 e. The molecule has 0 unspecified atom stereocenters. The number of pyridine rings is 1. The van der Waals surface area contributed by atoms with E-state index in [1.54, 1.807) is 11.6 Å². The lowest BCUT2D eigenvalue weighted by atomic mass is 10.5. The minimum Gasteiger partial charge on any atom is -0.382 e. The molecule has 2 rings (SSSR count). The molecule has 8 nitrogen and oxygen atoms in total. The molecular weight excluding hydrogens is 292 g/mol. The van der Waals surface area contributed by atoms with Gasteiger partial charge in [-0.2, -0.15) is 0 Å². The third-order valence-electron chi connectivity index (χ3n) is 2.38. The zero-order valence-corrected chi connectivity index (χ0v) is 11.5. The predicted octanol–water partition coefficient (Wildman–Crippen LogP) is -0.0758. The van der Waals surface area contributed by atoms with Crippen LogP contribution in [0.3, 0.4) is 0 Å². The average molecular weight is 303 g/mol. The van der Waals surface area contributed by atoms with Gasteiger partial charge in [-0.3, -0.25) is 0 Å². The van der Waals surface area contributed by atoms with Crippen LogP contribution < -0.4 is 10.5 Å². The Morgan fingerprint density at radius 3 is 2.84 bits per heavy atom. The van der Waals surface area contributed by atoms with Crippen LogP contribution in [0.4, 0.5) is 5.82 Å². The fourth-order valence-electron chi connectivity index (χ4n) is 1.29. The number of nitrogens with zero attached hydrogens (tertiary/aromatic N) is 4. The highest BCUT2D eigenvalue weighted by molar-refractivity contribution is 7.89. The highest BCUT2D eigenvalue weighted by atomic mass is 35.5. The van der Waals surface area contributed by atoms with Gasteiger partial charge >= 0.3 is 0 Å². The molecule has 0 saturated heterocycles. The van der Waals surface area contributed by atoms with E-state index in [4.69, 9.17) is 17.3 Å². The van der Waals surface area contributed by atoms with Gasteiger partial charge in [-0.15, -0.1) is 10.2 Å². The van der Waals surface area contributed by atoms with Crippen molar-refractivity contribution < 1.29 is 8.42 Å². The van der Waals surface area contributed by atoms with Crippen molar-refractivity contribution in [3.63, 3.8) is 0 Å². The fraction of sp³-hybridized carbons (Fsp3) is 0.222. The summed E-state index contributed by atoms with van der Waals surface area (Å²) in [5, 5.41) is 7.50. The van der Waals surface area contributed by atoms with Gasteiger partial charge in [0.25, 0.3) is 0 Å². The van der Waals surface area contributed by atoms with Gasteiger partial charge in [-0.05, 0) is 6.07 Å². The topological polar surface area (TPSA) is 116 Å². The first-order chi connectivity index (χ1) is 8.90. The maximum atomic E-state index is 12.0. The summed E-state index contributed by atoms with van der Waals surface area (Å²) in [7, 11) is -2.01. The van der Waals surface area contributed by atoms with E-state index >= 15 is 0 Å². The molecule has 3 N–H and O–H groups in total. The van der Waals surface area contributed by atoms with Crippen LogP contribution >= 0.6 is 11.6 Å². The molecule has 0 atom stereocenters. The second-order valence-electron chi connectivity index (χ2n) is 3.72. The number of nitrogens with two attached hydrogens (primary N) is 1. The van der Waals surface area contributed by atoms with E-state index in [1.165, 1.54) is 12.4 Å². The van der Waals surface area contributed by atoms with Crippen LogP contribution in [0.2, 0.25) is 5.02 Å². The molecule has 0 aliphatic carbocycles. The van der Waals surface area contributed by atoms with E-state index in [0.29, 0.717) is 5.82 Å². The number of sulfonamides is 1. The van der Waals surface area contributed by atoms with E-state index < -0.39 is 10.0 Å². The highest BCUT2D eigenvalue weighted by Crippen LogP contribution is 2.19. The van der Waals surface area contributed by atoms with Crippen LogP contribution in [-0.4, -0.2) is 28.2 Å². The van der Waals surface area contributed by atoms with E-state index in [0.717, 1.165) is 6.20 Å². The molecule has 0 saturated carbocycles. The number of nitrogens with one attached hydrogen (secondary N) is 1. The van der Waals surface area contributed by atoms with E-state index in [2.05, 4.69) is 19.9 Å². The summed E-state index contributed by atoms with van der Waals surface area (Å²) in [6.45, 7) is 0.0147. The van der Waals surface area contributed by atoms with E-state index in [-0.39, 0.29) is 22.3 Å². The third-order valence-corrected chi connectivity index (χ3v) is 4.05. The van der Waals surface area contributed by atoms with Crippen LogP contribution in [0.15, 0.2) is 23.5 Å². The standard InChI is InChI=1S/C9H11ClN6O2S/c1-16-5-13-15-8(16)4-14-19(17,18)6-2-7(10)9(11)12-3-6/h2-3,5,14H,4H2,1H3,(H2,11,12). The zero-order chi connectivity index (χ0) is 14.0. The van der Waals surface area contributed by atoms with Crippen molar-refractivity contribution in [1.82, 2.24) is 24.5 Å². The smallest absolute Gasteiger partial charge is 0.242 e. The second-order valence-corrected chi connectivity index (χ2v) is 5.89. The summed E-state index contributed by atoms with van der Waals surface area (Å²) in [5.74, 6) is 0.562. The first kappa shape index (κ1) is 13.7. The first-order valence-corrected chi connectivity index (χ1v) is 7.00. The zero-order valence-electron chi connectivity index (χ0n) is 9.91. The fourth-order valence-corrected chi connectivity index (χ4v) is 2.47. The molecule has 0 aromatic carbocycles. The number of anilines is 1. The van der Waals surface area contributed by atoms with Gasteiger partial charge in [0.2, 0.25) is 10.0 Å². The molecular formula is C9H11ClN6O2S. The maximum Gasteiger partial charge on any atom is 0.242 e. The van der Waals surface area contributed by atoms with Crippen molar-refractivity contribution in [2.24, 2.45) is 7.05 Å². The number of hydrogen-bond donors (Lipinski definition) is 2. The van der Waals surface area contributed by atoms with Gasteiger partial charge in [0.1, 0.15) is 22.9 Å². The van der Waals surface area contributed by atoms with Crippen molar-refractivity contribution >= 4 is 27.4 Å². The van der Waals surface area contributed by atoms with Crippen LogP contribution in [0.25, 0.3) is 0 Å². The summed E-state index contributed by atoms with van der Waals surface area (Å²) < 4.78 is 28.0. The molecule has 2 aromatic heterocycles. The van der Waals surface area contributed by atoms with Crippen LogP contribution in [-0.2, 0) is 23.6 Å². The Bertz CT molecular complexity index is 698. The molecule has 0 aliphatic heterocycles. The lowest BCUT2D eigenvalue weighted by Gasteiger charge is -2.07. The maximum absolute atomic E-state index is 12.0. The Hall–Kier alpha value is -1.71. The monoisotopic (exact) mass is 302 g/mol. The van der Waals surface area contributed by atoms with Crippen molar-refractivity contribution in [2.75, 3.05) is 5.73 Å². The van der Waals surface area contributed by atoms with Crippen LogP contribution in [0.1, 0.15) is 5.82 Å². The molecule has 0 aliphatic rings. The van der Waals surface area contributed by atoms with Gasteiger partial charge < -0.3 is 10.3 Å². The van der Waals surface area contributed by atoms with Crippen molar-refractivity contribution in [3.8, 4) is 0 Å². The summed E-state index contributed by atoms with van der Waals surface area (Å²) in [6.07, 6.45) is 2.62. The van der Waals surface area contributed by atoms with Gasteiger partial charge in [0, 0.05) is 13.2 Å².